The van der Waals surface area contributed by atoms with Crippen LogP contribution in [-0.4, -0.2) is 25.8 Å². The summed E-state index contributed by atoms with van der Waals surface area (Å²) in [7, 11) is 1.56. The standard InChI is InChI=1S/C22H19BrN2O3/c1-3-10-28-21-19(23)11-15(12-20(21)27-2)14-24-25-22(26)18-9-8-16-6-4-5-7-17(16)13-18/h3-9,11-14H,1,10H2,2H3,(H,25,26)/b24-14-. The van der Waals surface area contributed by atoms with Gasteiger partial charge in [0.05, 0.1) is 17.8 Å². The van der Waals surface area contributed by atoms with E-state index in [9.17, 15) is 4.79 Å². The first-order chi connectivity index (χ1) is 13.6. The first-order valence-corrected chi connectivity index (χ1v) is 9.35. The number of carbonyl (C=O) groups is 1. The quantitative estimate of drug-likeness (QED) is 0.322. The van der Waals surface area contributed by atoms with Crippen molar-refractivity contribution >= 4 is 38.8 Å². The maximum atomic E-state index is 12.4. The minimum atomic E-state index is -0.279. The van der Waals surface area contributed by atoms with Crippen LogP contribution in [0.5, 0.6) is 11.5 Å². The number of ether oxygens (including phenoxy) is 2. The lowest BCUT2D eigenvalue weighted by atomic mass is 10.1. The smallest absolute Gasteiger partial charge is 0.271 e. The van der Waals surface area contributed by atoms with Gasteiger partial charge in [-0.2, -0.15) is 5.10 Å². The Labute approximate surface area is 171 Å². The molecule has 0 aliphatic heterocycles. The van der Waals surface area contributed by atoms with Crippen LogP contribution in [0.15, 0.2) is 76.8 Å². The van der Waals surface area contributed by atoms with Crippen LogP contribution in [0.25, 0.3) is 10.8 Å². The van der Waals surface area contributed by atoms with E-state index in [0.29, 0.717) is 23.7 Å². The van der Waals surface area contributed by atoms with Gasteiger partial charge in [-0.15, -0.1) is 0 Å². The zero-order valence-electron chi connectivity index (χ0n) is 15.3. The third kappa shape index (κ3) is 4.58. The molecule has 0 aliphatic carbocycles. The fourth-order valence-electron chi connectivity index (χ4n) is 2.66. The van der Waals surface area contributed by atoms with Crippen LogP contribution in [0.2, 0.25) is 0 Å². The largest absolute Gasteiger partial charge is 0.493 e. The molecule has 142 valence electrons. The highest BCUT2D eigenvalue weighted by Gasteiger charge is 2.11. The average Bonchev–Trinajstić information content (AvgIpc) is 2.72. The van der Waals surface area contributed by atoms with Crippen molar-refractivity contribution in [2.45, 2.75) is 0 Å². The molecule has 0 heterocycles. The van der Waals surface area contributed by atoms with Gasteiger partial charge in [-0.1, -0.05) is 43.0 Å². The van der Waals surface area contributed by atoms with Crippen molar-refractivity contribution in [3.63, 3.8) is 0 Å². The maximum absolute atomic E-state index is 12.4. The van der Waals surface area contributed by atoms with Crippen molar-refractivity contribution in [3.05, 3.63) is 82.9 Å². The third-order valence-electron chi connectivity index (χ3n) is 3.99. The summed E-state index contributed by atoms with van der Waals surface area (Å²) in [5, 5.41) is 6.13. The highest BCUT2D eigenvalue weighted by Crippen LogP contribution is 2.36. The topological polar surface area (TPSA) is 59.9 Å². The summed E-state index contributed by atoms with van der Waals surface area (Å²) in [5.41, 5.74) is 3.84. The molecular formula is C22H19BrN2O3. The molecule has 28 heavy (non-hydrogen) atoms. The molecule has 1 N–H and O–H groups in total. The number of hydrogen-bond donors (Lipinski definition) is 1. The Balaban J connectivity index is 1.73. The number of amides is 1. The van der Waals surface area contributed by atoms with Gasteiger partial charge >= 0.3 is 0 Å². The fourth-order valence-corrected chi connectivity index (χ4v) is 3.23. The molecule has 0 saturated carbocycles. The van der Waals surface area contributed by atoms with Gasteiger partial charge < -0.3 is 9.47 Å². The van der Waals surface area contributed by atoms with Crippen molar-refractivity contribution in [1.82, 2.24) is 5.43 Å². The van der Waals surface area contributed by atoms with Gasteiger partial charge in [0, 0.05) is 5.56 Å². The Morgan fingerprint density at radius 3 is 2.71 bits per heavy atom. The number of rotatable bonds is 7. The first kappa shape index (κ1) is 19.6. The lowest BCUT2D eigenvalue weighted by Gasteiger charge is -2.12. The summed E-state index contributed by atoms with van der Waals surface area (Å²) in [5.74, 6) is 0.859. The highest BCUT2D eigenvalue weighted by atomic mass is 79.9. The minimum absolute atomic E-state index is 0.279. The number of nitrogens with zero attached hydrogens (tertiary/aromatic N) is 1. The molecule has 1 amide bonds. The molecule has 0 unspecified atom stereocenters. The van der Waals surface area contributed by atoms with Gasteiger partial charge in [-0.3, -0.25) is 4.79 Å². The SMILES string of the molecule is C=CCOc1c(Br)cc(/C=N\NC(=O)c2ccc3ccccc3c2)cc1OC. The molecule has 0 radical (unpaired) electrons. The van der Waals surface area contributed by atoms with Crippen LogP contribution in [0.4, 0.5) is 0 Å². The van der Waals surface area contributed by atoms with Gasteiger partial charge in [0.2, 0.25) is 0 Å². The van der Waals surface area contributed by atoms with Gasteiger partial charge in [0.25, 0.3) is 5.91 Å². The summed E-state index contributed by atoms with van der Waals surface area (Å²) >= 11 is 3.46. The van der Waals surface area contributed by atoms with Crippen LogP contribution < -0.4 is 14.9 Å². The first-order valence-electron chi connectivity index (χ1n) is 8.56. The molecule has 0 aliphatic rings. The lowest BCUT2D eigenvalue weighted by Crippen LogP contribution is -2.17. The molecule has 0 saturated heterocycles. The Kier molecular flexibility index (Phi) is 6.45. The summed E-state index contributed by atoms with van der Waals surface area (Å²) < 4.78 is 11.7. The molecular weight excluding hydrogens is 420 g/mol. The Morgan fingerprint density at radius 1 is 1.18 bits per heavy atom. The number of carbonyl (C=O) groups excluding carboxylic acids is 1. The summed E-state index contributed by atoms with van der Waals surface area (Å²) in [6.45, 7) is 4.00. The van der Waals surface area contributed by atoms with Crippen molar-refractivity contribution in [2.75, 3.05) is 13.7 Å². The van der Waals surface area contributed by atoms with Crippen LogP contribution >= 0.6 is 15.9 Å². The molecule has 6 heteroatoms. The normalized spacial score (nSPS) is 10.8. The molecule has 0 fully saturated rings. The predicted octanol–water partition coefficient (Wildman–Crippen LogP) is 4.94. The number of methoxy groups -OCH3 is 1. The minimum Gasteiger partial charge on any atom is -0.493 e. The number of benzene rings is 3. The van der Waals surface area contributed by atoms with E-state index in [4.69, 9.17) is 9.47 Å². The Bertz CT molecular complexity index is 1050. The number of nitrogens with one attached hydrogen (secondary N) is 1. The Hall–Kier alpha value is -3.12. The molecule has 0 bridgehead atoms. The number of hydrazone groups is 1. The van der Waals surface area contributed by atoms with E-state index >= 15 is 0 Å². The van der Waals surface area contributed by atoms with E-state index in [-0.39, 0.29) is 5.91 Å². The maximum Gasteiger partial charge on any atom is 0.271 e. The van der Waals surface area contributed by atoms with E-state index < -0.39 is 0 Å². The van der Waals surface area contributed by atoms with E-state index in [0.717, 1.165) is 20.8 Å². The lowest BCUT2D eigenvalue weighted by molar-refractivity contribution is 0.0955. The van der Waals surface area contributed by atoms with Crippen LogP contribution in [-0.2, 0) is 0 Å². The van der Waals surface area contributed by atoms with Gasteiger partial charge in [0.15, 0.2) is 11.5 Å². The van der Waals surface area contributed by atoms with E-state index in [1.54, 1.807) is 31.5 Å². The molecule has 3 aromatic rings. The van der Waals surface area contributed by atoms with E-state index in [1.165, 1.54) is 0 Å². The van der Waals surface area contributed by atoms with E-state index in [1.807, 2.05) is 42.5 Å². The van der Waals surface area contributed by atoms with Gasteiger partial charge in [-0.05, 0) is 56.5 Å². The predicted molar refractivity (Wildman–Crippen MR) is 115 cm³/mol. The number of fused-ring (bicyclic) bond motifs is 1. The van der Waals surface area contributed by atoms with Crippen molar-refractivity contribution in [1.29, 1.82) is 0 Å². The number of halogens is 1. The average molecular weight is 439 g/mol. The molecule has 3 aromatic carbocycles. The fraction of sp³-hybridized carbons (Fsp3) is 0.0909. The third-order valence-corrected chi connectivity index (χ3v) is 4.58. The summed E-state index contributed by atoms with van der Waals surface area (Å²) in [6.07, 6.45) is 3.20. The second-order valence-corrected chi connectivity index (χ2v) is 6.75. The van der Waals surface area contributed by atoms with Crippen molar-refractivity contribution in [2.24, 2.45) is 5.10 Å². The van der Waals surface area contributed by atoms with Crippen molar-refractivity contribution < 1.29 is 14.3 Å². The van der Waals surface area contributed by atoms with E-state index in [2.05, 4.69) is 33.0 Å². The molecule has 0 aromatic heterocycles. The van der Waals surface area contributed by atoms with Gasteiger partial charge in [0.1, 0.15) is 6.61 Å². The van der Waals surface area contributed by atoms with Gasteiger partial charge in [-0.25, -0.2) is 5.43 Å². The molecule has 3 rings (SSSR count). The molecule has 0 spiro atoms. The van der Waals surface area contributed by atoms with Crippen LogP contribution in [0, 0.1) is 0 Å². The Morgan fingerprint density at radius 2 is 1.96 bits per heavy atom. The highest BCUT2D eigenvalue weighted by molar-refractivity contribution is 9.10. The molecule has 0 atom stereocenters. The van der Waals surface area contributed by atoms with Crippen molar-refractivity contribution in [3.8, 4) is 11.5 Å². The monoisotopic (exact) mass is 438 g/mol. The summed E-state index contributed by atoms with van der Waals surface area (Å²) in [4.78, 5) is 12.4. The van der Waals surface area contributed by atoms with Crippen LogP contribution in [0.3, 0.4) is 0 Å². The molecule has 5 nitrogen and oxygen atoms in total. The second kappa shape index (κ2) is 9.19. The van der Waals surface area contributed by atoms with Crippen LogP contribution in [0.1, 0.15) is 15.9 Å². The zero-order valence-corrected chi connectivity index (χ0v) is 16.9. The zero-order chi connectivity index (χ0) is 19.9. The second-order valence-electron chi connectivity index (χ2n) is 5.89. The summed E-state index contributed by atoms with van der Waals surface area (Å²) in [6, 6.07) is 17.0. The number of hydrogen-bond acceptors (Lipinski definition) is 4.